The number of hydrogen-bond acceptors (Lipinski definition) is 5. The molecule has 2 aromatic carbocycles. The maximum Gasteiger partial charge on any atom is 0.416 e. The molecule has 4 rings (SSSR count). The van der Waals surface area contributed by atoms with E-state index in [0.717, 1.165) is 17.7 Å². The molecule has 0 aliphatic carbocycles. The van der Waals surface area contributed by atoms with Crippen molar-refractivity contribution in [2.24, 2.45) is 0 Å². The van der Waals surface area contributed by atoms with Crippen LogP contribution in [0, 0.1) is 0 Å². The monoisotopic (exact) mass is 479 g/mol. The zero-order valence-corrected chi connectivity index (χ0v) is 18.5. The summed E-state index contributed by atoms with van der Waals surface area (Å²) in [5.74, 6) is 0. The van der Waals surface area contributed by atoms with Crippen LogP contribution in [-0.4, -0.2) is 33.4 Å². The van der Waals surface area contributed by atoms with E-state index in [1.54, 1.807) is 6.92 Å². The summed E-state index contributed by atoms with van der Waals surface area (Å²) in [6.45, 7) is 1.24. The first-order valence-corrected chi connectivity index (χ1v) is 10.9. The van der Waals surface area contributed by atoms with Crippen LogP contribution >= 0.6 is 0 Å². The van der Waals surface area contributed by atoms with Gasteiger partial charge in [0.05, 0.1) is 29.9 Å². The van der Waals surface area contributed by atoms with E-state index in [0.29, 0.717) is 19.4 Å². The third-order valence-corrected chi connectivity index (χ3v) is 6.29. The van der Waals surface area contributed by atoms with Crippen molar-refractivity contribution in [3.05, 3.63) is 81.3 Å². The second-order valence-corrected chi connectivity index (χ2v) is 8.52. The number of H-pyrrole nitrogens is 1. The van der Waals surface area contributed by atoms with E-state index in [1.807, 2.05) is 30.3 Å². The molecule has 0 spiro atoms. The van der Waals surface area contributed by atoms with Gasteiger partial charge in [0, 0.05) is 6.54 Å². The largest absolute Gasteiger partial charge is 0.416 e. The highest BCUT2D eigenvalue weighted by atomic mass is 19.4. The lowest BCUT2D eigenvalue weighted by molar-refractivity contribution is -0.137. The average Bonchev–Trinajstić information content (AvgIpc) is 3.28. The summed E-state index contributed by atoms with van der Waals surface area (Å²) < 4.78 is 60.4. The van der Waals surface area contributed by atoms with Crippen LogP contribution in [-0.2, 0) is 23.1 Å². The Bertz CT molecular complexity index is 1150. The number of benzene rings is 2. The number of piperidine rings is 1. The van der Waals surface area contributed by atoms with Gasteiger partial charge in [-0.3, -0.25) is 0 Å². The summed E-state index contributed by atoms with van der Waals surface area (Å²) in [7, 11) is 0. The van der Waals surface area contributed by atoms with Crippen molar-refractivity contribution in [1.29, 1.82) is 0 Å². The lowest BCUT2D eigenvalue weighted by Gasteiger charge is -2.42. The van der Waals surface area contributed by atoms with Crippen LogP contribution in [0.4, 0.5) is 17.6 Å². The van der Waals surface area contributed by atoms with Crippen LogP contribution in [0.2, 0.25) is 0 Å². The molecule has 1 aromatic heterocycles. The fourth-order valence-electron chi connectivity index (χ4n) is 4.34. The van der Waals surface area contributed by atoms with Gasteiger partial charge in [0.1, 0.15) is 6.67 Å². The number of nitrogens with one attached hydrogen (secondary N) is 2. The van der Waals surface area contributed by atoms with Gasteiger partial charge in [-0.25, -0.2) is 14.3 Å². The summed E-state index contributed by atoms with van der Waals surface area (Å²) in [6, 6.07) is 12.6. The molecule has 3 aromatic rings. The predicted octanol–water partition coefficient (Wildman–Crippen LogP) is 4.05. The predicted molar refractivity (Wildman–Crippen MR) is 116 cm³/mol. The van der Waals surface area contributed by atoms with Crippen molar-refractivity contribution in [2.75, 3.05) is 13.2 Å². The van der Waals surface area contributed by atoms with Crippen molar-refractivity contribution < 1.29 is 22.3 Å². The minimum absolute atomic E-state index is 0.0465. The molecule has 11 heteroatoms. The van der Waals surface area contributed by atoms with Crippen LogP contribution < -0.4 is 11.0 Å². The molecule has 0 radical (unpaired) electrons. The normalized spacial score (nSPS) is 22.0. The molecule has 7 nitrogen and oxygen atoms in total. The second-order valence-electron chi connectivity index (χ2n) is 8.52. The van der Waals surface area contributed by atoms with Gasteiger partial charge >= 0.3 is 11.9 Å². The summed E-state index contributed by atoms with van der Waals surface area (Å²) in [5.41, 5.74) is -0.742. The molecular formula is C23H25F4N5O2. The Kier molecular flexibility index (Phi) is 6.85. The quantitative estimate of drug-likeness (QED) is 0.500. The van der Waals surface area contributed by atoms with Crippen LogP contribution in [0.15, 0.2) is 53.3 Å². The smallest absolute Gasteiger partial charge is 0.372 e. The molecule has 34 heavy (non-hydrogen) atoms. The van der Waals surface area contributed by atoms with Crippen molar-refractivity contribution in [1.82, 2.24) is 25.5 Å². The molecule has 182 valence electrons. The minimum atomic E-state index is -4.58. The van der Waals surface area contributed by atoms with Crippen molar-refractivity contribution in [3.63, 3.8) is 0 Å². The van der Waals surface area contributed by atoms with E-state index >= 15 is 0 Å². The van der Waals surface area contributed by atoms with E-state index in [1.165, 1.54) is 10.7 Å². The number of aromatic amines is 1. The third-order valence-electron chi connectivity index (χ3n) is 6.29. The Morgan fingerprint density at radius 2 is 2.00 bits per heavy atom. The molecule has 1 unspecified atom stereocenters. The topological polar surface area (TPSA) is 84.8 Å². The zero-order valence-electron chi connectivity index (χ0n) is 18.5. The number of halogens is 4. The summed E-state index contributed by atoms with van der Waals surface area (Å²) in [4.78, 5) is 11.9. The second kappa shape index (κ2) is 9.67. The van der Waals surface area contributed by atoms with Gasteiger partial charge in [-0.2, -0.15) is 17.9 Å². The van der Waals surface area contributed by atoms with Crippen molar-refractivity contribution in [2.45, 2.75) is 50.3 Å². The molecule has 1 aliphatic rings. The summed E-state index contributed by atoms with van der Waals surface area (Å²) in [5, 5.41) is 13.1. The first kappa shape index (κ1) is 24.1. The number of ether oxygens (including phenoxy) is 1. The highest BCUT2D eigenvalue weighted by molar-refractivity contribution is 5.33. The van der Waals surface area contributed by atoms with Crippen LogP contribution in [0.3, 0.4) is 0 Å². The summed E-state index contributed by atoms with van der Waals surface area (Å²) in [6.07, 6.45) is -4.08. The zero-order chi connectivity index (χ0) is 24.3. The highest BCUT2D eigenvalue weighted by Crippen LogP contribution is 2.36. The van der Waals surface area contributed by atoms with E-state index in [9.17, 15) is 22.4 Å². The molecule has 0 bridgehead atoms. The maximum atomic E-state index is 13.3. The van der Waals surface area contributed by atoms with E-state index in [2.05, 4.69) is 20.8 Å². The SMILES string of the molecule is C[C@@H](OC[C@@]1(c2ccccc2)CCC(n2nn[nH]c2=O)CN1)c1cc(CF)cc(C(F)(F)F)c1. The highest BCUT2D eigenvalue weighted by Gasteiger charge is 2.39. The Labute approximate surface area is 193 Å². The Hall–Kier alpha value is -3.05. The molecule has 2 heterocycles. The number of aromatic nitrogens is 4. The Balaban J connectivity index is 1.55. The molecule has 2 N–H and O–H groups in total. The van der Waals surface area contributed by atoms with Crippen LogP contribution in [0.25, 0.3) is 0 Å². The summed E-state index contributed by atoms with van der Waals surface area (Å²) >= 11 is 0. The number of tetrazole rings is 1. The van der Waals surface area contributed by atoms with Gasteiger partial charge in [0.15, 0.2) is 0 Å². The van der Waals surface area contributed by atoms with Gasteiger partial charge in [-0.1, -0.05) is 36.4 Å². The number of rotatable bonds is 7. The van der Waals surface area contributed by atoms with E-state index in [4.69, 9.17) is 4.74 Å². The third kappa shape index (κ3) is 5.05. The van der Waals surface area contributed by atoms with Gasteiger partial charge in [0.25, 0.3) is 0 Å². The Morgan fingerprint density at radius 3 is 2.59 bits per heavy atom. The van der Waals surface area contributed by atoms with Gasteiger partial charge in [0.2, 0.25) is 0 Å². The molecule has 0 saturated carbocycles. The Morgan fingerprint density at radius 1 is 1.24 bits per heavy atom. The number of hydrogen-bond donors (Lipinski definition) is 2. The molecule has 1 aliphatic heterocycles. The van der Waals surface area contributed by atoms with E-state index in [-0.39, 0.29) is 23.8 Å². The van der Waals surface area contributed by atoms with Crippen LogP contribution in [0.1, 0.15) is 54.2 Å². The molecule has 0 amide bonds. The minimum Gasteiger partial charge on any atom is -0.372 e. The standard InChI is InChI=1S/C23H25F4N5O2/c1-15(17-9-16(12-24)10-19(11-17)23(25,26)27)34-14-22(18-5-3-2-4-6-18)8-7-20(13-28-22)32-21(33)29-30-31-32/h2-6,9-11,15,20,28H,7-8,12-14H2,1H3,(H,29,31,33)/t15-,20?,22-/m1/s1. The molecule has 3 atom stereocenters. The van der Waals surface area contributed by atoms with Crippen molar-refractivity contribution in [3.8, 4) is 0 Å². The number of alkyl halides is 4. The van der Waals surface area contributed by atoms with Gasteiger partial charge < -0.3 is 10.1 Å². The fourth-order valence-corrected chi connectivity index (χ4v) is 4.34. The van der Waals surface area contributed by atoms with Crippen LogP contribution in [0.5, 0.6) is 0 Å². The number of nitrogens with zero attached hydrogens (tertiary/aromatic N) is 3. The fraction of sp³-hybridized carbons (Fsp3) is 0.435. The molecule has 1 saturated heterocycles. The maximum absolute atomic E-state index is 13.3. The molecule has 1 fully saturated rings. The first-order chi connectivity index (χ1) is 16.2. The van der Waals surface area contributed by atoms with Gasteiger partial charge in [-0.05, 0) is 59.0 Å². The van der Waals surface area contributed by atoms with Crippen molar-refractivity contribution >= 4 is 0 Å². The van der Waals surface area contributed by atoms with E-state index < -0.39 is 35.7 Å². The van der Waals surface area contributed by atoms with Gasteiger partial charge in [-0.15, -0.1) is 0 Å². The first-order valence-electron chi connectivity index (χ1n) is 10.9. The lowest BCUT2D eigenvalue weighted by atomic mass is 9.81. The average molecular weight is 479 g/mol. The molecular weight excluding hydrogens is 454 g/mol. The lowest BCUT2D eigenvalue weighted by Crippen LogP contribution is -2.53.